The summed E-state index contributed by atoms with van der Waals surface area (Å²) in [6, 6.07) is 2.86. The lowest BCUT2D eigenvalue weighted by molar-refractivity contribution is -0.146. The zero-order valence-corrected chi connectivity index (χ0v) is 17.8. The van der Waals surface area contributed by atoms with Gasteiger partial charge in [0, 0.05) is 30.3 Å². The van der Waals surface area contributed by atoms with Gasteiger partial charge in [-0.15, -0.1) is 10.2 Å². The number of nitrogens with zero attached hydrogens (tertiary/aromatic N) is 2. The fraction of sp³-hybridized carbons (Fsp3) is 0.476. The summed E-state index contributed by atoms with van der Waals surface area (Å²) in [7, 11) is 0. The second-order valence-corrected chi connectivity index (χ2v) is 7.62. The number of aryl methyl sites for hydroxylation is 1. The molecule has 3 rings (SSSR count). The molecule has 0 bridgehead atoms. The van der Waals surface area contributed by atoms with Gasteiger partial charge in [0.2, 0.25) is 0 Å². The van der Waals surface area contributed by atoms with Crippen molar-refractivity contribution >= 4 is 11.8 Å². The maximum Gasteiger partial charge on any atom is 0.416 e. The second-order valence-electron chi connectivity index (χ2n) is 7.62. The average molecular weight is 453 g/mol. The van der Waals surface area contributed by atoms with E-state index in [9.17, 15) is 23.1 Å². The summed E-state index contributed by atoms with van der Waals surface area (Å²) in [6.45, 7) is 4.17. The molecule has 32 heavy (non-hydrogen) atoms. The fourth-order valence-electron chi connectivity index (χ4n) is 3.71. The predicted octanol–water partition coefficient (Wildman–Crippen LogP) is 2.73. The van der Waals surface area contributed by atoms with Crippen molar-refractivity contribution in [2.75, 3.05) is 18.5 Å². The zero-order valence-electron chi connectivity index (χ0n) is 17.8. The van der Waals surface area contributed by atoms with Crippen molar-refractivity contribution in [3.8, 4) is 17.0 Å². The molecule has 1 aromatic carbocycles. The van der Waals surface area contributed by atoms with E-state index in [4.69, 9.17) is 10.5 Å². The molecule has 1 saturated heterocycles. The number of benzene rings is 1. The highest BCUT2D eigenvalue weighted by Gasteiger charge is 2.32. The number of hydrogen-bond acceptors (Lipinski definition) is 8. The number of piperidine rings is 1. The van der Waals surface area contributed by atoms with Gasteiger partial charge >= 0.3 is 12.1 Å². The Bertz CT molecular complexity index is 953. The molecule has 0 saturated carbocycles. The van der Waals surface area contributed by atoms with Gasteiger partial charge in [0.25, 0.3) is 0 Å². The number of hydrogen-bond donors (Lipinski definition) is 4. The number of esters is 1. The minimum absolute atomic E-state index is 0.0210. The molecule has 0 unspecified atom stereocenters. The minimum atomic E-state index is -4.57. The number of aromatic nitrogens is 2. The first-order chi connectivity index (χ1) is 15.1. The van der Waals surface area contributed by atoms with Crippen LogP contribution in [0, 0.1) is 6.92 Å². The van der Waals surface area contributed by atoms with E-state index in [2.05, 4.69) is 20.8 Å². The summed E-state index contributed by atoms with van der Waals surface area (Å²) in [5.41, 5.74) is 6.13. The van der Waals surface area contributed by atoms with Crippen LogP contribution in [0.15, 0.2) is 18.2 Å². The SMILES string of the molecule is CCOC(=O)[C@@H]1CC[C@@H](Nc2nnc(-c3c(C)cc(C(F)(F)F)cc3O)cc2CN)CN1. The van der Waals surface area contributed by atoms with Gasteiger partial charge in [0.1, 0.15) is 11.8 Å². The van der Waals surface area contributed by atoms with Gasteiger partial charge in [-0.25, -0.2) is 0 Å². The summed E-state index contributed by atoms with van der Waals surface area (Å²) in [5, 5.41) is 24.9. The van der Waals surface area contributed by atoms with Crippen LogP contribution in [-0.4, -0.2) is 46.5 Å². The average Bonchev–Trinajstić information content (AvgIpc) is 2.74. The number of aromatic hydroxyl groups is 1. The quantitative estimate of drug-likeness (QED) is 0.493. The fourth-order valence-corrected chi connectivity index (χ4v) is 3.71. The molecule has 2 atom stereocenters. The van der Waals surface area contributed by atoms with E-state index in [1.807, 2.05) is 0 Å². The summed E-state index contributed by atoms with van der Waals surface area (Å²) in [4.78, 5) is 11.8. The number of phenolic OH excluding ortho intramolecular Hbond substituents is 1. The Morgan fingerprint density at radius 3 is 2.62 bits per heavy atom. The standard InChI is InChI=1S/C21H26F3N5O3/c1-3-32-20(31)15-5-4-14(10-26-15)27-19-12(9-25)7-16(28-29-19)18-11(2)6-13(8-17(18)30)21(22,23)24/h6-8,14-15,26,30H,3-5,9-10,25H2,1-2H3,(H,27,29)/t14-,15+/m1/s1. The number of nitrogens with two attached hydrogens (primary N) is 1. The topological polar surface area (TPSA) is 122 Å². The van der Waals surface area contributed by atoms with Crippen LogP contribution in [-0.2, 0) is 22.3 Å². The highest BCUT2D eigenvalue weighted by Crippen LogP contribution is 2.38. The lowest BCUT2D eigenvalue weighted by atomic mass is 9.99. The van der Waals surface area contributed by atoms with Crippen molar-refractivity contribution in [3.63, 3.8) is 0 Å². The molecule has 11 heteroatoms. The van der Waals surface area contributed by atoms with Gasteiger partial charge in [0.15, 0.2) is 5.82 Å². The highest BCUT2D eigenvalue weighted by atomic mass is 19.4. The molecule has 5 N–H and O–H groups in total. The van der Waals surface area contributed by atoms with Crippen LogP contribution in [0.1, 0.15) is 36.5 Å². The third-order valence-corrected chi connectivity index (χ3v) is 5.32. The summed E-state index contributed by atoms with van der Waals surface area (Å²) >= 11 is 0. The van der Waals surface area contributed by atoms with Gasteiger partial charge in [-0.3, -0.25) is 4.79 Å². The Labute approximate surface area is 183 Å². The molecule has 8 nitrogen and oxygen atoms in total. The maximum absolute atomic E-state index is 13.0. The number of nitrogens with one attached hydrogen (secondary N) is 2. The van der Waals surface area contributed by atoms with Gasteiger partial charge in [0.05, 0.1) is 17.9 Å². The lowest BCUT2D eigenvalue weighted by Crippen LogP contribution is -2.49. The Morgan fingerprint density at radius 2 is 2.06 bits per heavy atom. The van der Waals surface area contributed by atoms with Gasteiger partial charge < -0.3 is 26.2 Å². The minimum Gasteiger partial charge on any atom is -0.507 e. The van der Waals surface area contributed by atoms with Crippen molar-refractivity contribution in [1.82, 2.24) is 15.5 Å². The maximum atomic E-state index is 13.0. The first kappa shape index (κ1) is 23.7. The molecular weight excluding hydrogens is 427 g/mol. The molecule has 1 fully saturated rings. The normalized spacial score (nSPS) is 18.9. The molecule has 1 aliphatic rings. The van der Waals surface area contributed by atoms with E-state index in [0.29, 0.717) is 43.4 Å². The molecular formula is C21H26F3N5O3. The van der Waals surface area contributed by atoms with Crippen molar-refractivity contribution in [2.24, 2.45) is 5.73 Å². The molecule has 2 aromatic rings. The Kier molecular flexibility index (Phi) is 7.19. The molecule has 0 aliphatic carbocycles. The highest BCUT2D eigenvalue weighted by molar-refractivity contribution is 5.76. The predicted molar refractivity (Wildman–Crippen MR) is 112 cm³/mol. The van der Waals surface area contributed by atoms with Crippen LogP contribution < -0.4 is 16.4 Å². The first-order valence-corrected chi connectivity index (χ1v) is 10.3. The van der Waals surface area contributed by atoms with Crippen molar-refractivity contribution < 1.29 is 27.8 Å². The number of halogens is 3. The van der Waals surface area contributed by atoms with Crippen LogP contribution in [0.4, 0.5) is 19.0 Å². The Hall–Kier alpha value is -2.92. The van der Waals surface area contributed by atoms with Gasteiger partial charge in [-0.05, 0) is 50.5 Å². The largest absolute Gasteiger partial charge is 0.507 e. The Balaban J connectivity index is 1.77. The summed E-state index contributed by atoms with van der Waals surface area (Å²) in [6.07, 6.45) is -3.27. The molecule has 0 radical (unpaired) electrons. The Morgan fingerprint density at radius 1 is 1.31 bits per heavy atom. The lowest BCUT2D eigenvalue weighted by Gasteiger charge is -2.29. The monoisotopic (exact) mass is 453 g/mol. The molecule has 0 spiro atoms. The van der Waals surface area contributed by atoms with Crippen LogP contribution in [0.3, 0.4) is 0 Å². The second kappa shape index (κ2) is 9.70. The number of carbonyl (C=O) groups excluding carboxylic acids is 1. The number of rotatable bonds is 6. The summed E-state index contributed by atoms with van der Waals surface area (Å²) < 4.78 is 44.0. The third-order valence-electron chi connectivity index (χ3n) is 5.32. The molecule has 174 valence electrons. The van der Waals surface area contributed by atoms with Crippen molar-refractivity contribution in [2.45, 2.75) is 51.5 Å². The first-order valence-electron chi connectivity index (χ1n) is 10.3. The zero-order chi connectivity index (χ0) is 23.5. The third kappa shape index (κ3) is 5.28. The number of anilines is 1. The smallest absolute Gasteiger partial charge is 0.416 e. The van der Waals surface area contributed by atoms with Gasteiger partial charge in [-0.2, -0.15) is 13.2 Å². The van der Waals surface area contributed by atoms with E-state index in [0.717, 1.165) is 6.07 Å². The van der Waals surface area contributed by atoms with Crippen LogP contribution in [0.2, 0.25) is 0 Å². The summed E-state index contributed by atoms with van der Waals surface area (Å²) in [5.74, 6) is -0.358. The van der Waals surface area contributed by atoms with Crippen LogP contribution in [0.5, 0.6) is 5.75 Å². The molecule has 2 heterocycles. The van der Waals surface area contributed by atoms with E-state index >= 15 is 0 Å². The van der Waals surface area contributed by atoms with E-state index in [1.54, 1.807) is 13.0 Å². The van der Waals surface area contributed by atoms with Gasteiger partial charge in [-0.1, -0.05) is 0 Å². The molecule has 1 aromatic heterocycles. The number of carbonyl (C=O) groups is 1. The van der Waals surface area contributed by atoms with E-state index in [-0.39, 0.29) is 41.4 Å². The van der Waals surface area contributed by atoms with Crippen LogP contribution in [0.25, 0.3) is 11.3 Å². The molecule has 1 aliphatic heterocycles. The van der Waals surface area contributed by atoms with Crippen LogP contribution >= 0.6 is 0 Å². The van der Waals surface area contributed by atoms with E-state index in [1.165, 1.54) is 6.92 Å². The number of alkyl halides is 3. The van der Waals surface area contributed by atoms with Crippen molar-refractivity contribution in [1.29, 1.82) is 0 Å². The molecule has 0 amide bonds. The number of ether oxygens (including phenoxy) is 1. The van der Waals surface area contributed by atoms with Crippen molar-refractivity contribution in [3.05, 3.63) is 34.9 Å². The van der Waals surface area contributed by atoms with E-state index < -0.39 is 17.5 Å². The number of phenols is 1.